The highest BCUT2D eigenvalue weighted by molar-refractivity contribution is 5.97. The zero-order valence-corrected chi connectivity index (χ0v) is 21.9. The van der Waals surface area contributed by atoms with E-state index in [1.807, 2.05) is 25.1 Å². The summed E-state index contributed by atoms with van der Waals surface area (Å²) in [5, 5.41) is 2.72. The van der Waals surface area contributed by atoms with E-state index < -0.39 is 24.2 Å². The van der Waals surface area contributed by atoms with Crippen LogP contribution in [0.5, 0.6) is 11.5 Å². The van der Waals surface area contributed by atoms with Crippen molar-refractivity contribution in [2.75, 3.05) is 20.5 Å². The van der Waals surface area contributed by atoms with Crippen LogP contribution in [-0.4, -0.2) is 55.3 Å². The molecule has 1 saturated carbocycles. The van der Waals surface area contributed by atoms with Crippen LogP contribution in [0.25, 0.3) is 0 Å². The number of methoxy groups -OCH3 is 1. The maximum Gasteiger partial charge on any atom is 0.305 e. The van der Waals surface area contributed by atoms with Crippen molar-refractivity contribution in [3.63, 3.8) is 0 Å². The summed E-state index contributed by atoms with van der Waals surface area (Å²) in [4.78, 5) is 40.5. The van der Waals surface area contributed by atoms with Crippen LogP contribution >= 0.6 is 0 Å². The van der Waals surface area contributed by atoms with E-state index in [-0.39, 0.29) is 35.8 Å². The molecule has 3 atom stereocenters. The Morgan fingerprint density at radius 1 is 1.19 bits per heavy atom. The van der Waals surface area contributed by atoms with E-state index in [9.17, 15) is 14.4 Å². The van der Waals surface area contributed by atoms with Gasteiger partial charge in [0, 0.05) is 25.1 Å². The van der Waals surface area contributed by atoms with Crippen molar-refractivity contribution >= 4 is 18.2 Å². The Balaban J connectivity index is 1.73. The Bertz CT molecular complexity index is 1060. The molecule has 1 aliphatic rings. The topological polar surface area (TPSA) is 113 Å². The number of hydrogen-bond donors (Lipinski definition) is 1. The number of amides is 1. The lowest BCUT2D eigenvalue weighted by Crippen LogP contribution is -2.52. The fourth-order valence-corrected chi connectivity index (χ4v) is 4.81. The first-order chi connectivity index (χ1) is 17.8. The predicted octanol–water partition coefficient (Wildman–Crippen LogP) is 4.06. The summed E-state index contributed by atoms with van der Waals surface area (Å²) in [6, 6.07) is 11.8. The summed E-state index contributed by atoms with van der Waals surface area (Å²) in [6.45, 7) is 4.41. The molecule has 9 heteroatoms. The molecule has 9 nitrogen and oxygen atoms in total. The van der Waals surface area contributed by atoms with Gasteiger partial charge < -0.3 is 29.1 Å². The molecular weight excluding hydrogens is 476 g/mol. The second-order valence-electron chi connectivity index (χ2n) is 9.58. The number of esters is 1. The van der Waals surface area contributed by atoms with E-state index >= 15 is 0 Å². The average molecular weight is 513 g/mol. The molecule has 0 bridgehead atoms. The molecule has 1 amide bonds. The standard InChI is InChI=1S/C28H36N2O7/c1-19(24(22-12-8-9-13-22)21-10-6-5-7-11-21)35-17-28(3,16-31)30-27(33)25-26(37-18-36-20(2)32)23(34-4)14-15-29-25/h5-7,10-11,14-16,19,22,24H,8-9,12-13,17-18H2,1-4H3,(H,30,33)/t19-,24-,28+/m0/s1. The van der Waals surface area contributed by atoms with Crippen molar-refractivity contribution in [1.29, 1.82) is 0 Å². The third-order valence-electron chi connectivity index (χ3n) is 6.67. The van der Waals surface area contributed by atoms with Gasteiger partial charge in [-0.2, -0.15) is 0 Å². The van der Waals surface area contributed by atoms with Gasteiger partial charge in [0.15, 0.2) is 17.2 Å². The highest BCUT2D eigenvalue weighted by atomic mass is 16.7. The fourth-order valence-electron chi connectivity index (χ4n) is 4.81. The van der Waals surface area contributed by atoms with Crippen molar-refractivity contribution in [2.24, 2.45) is 5.92 Å². The van der Waals surface area contributed by atoms with Gasteiger partial charge in [0.2, 0.25) is 6.79 Å². The molecule has 1 heterocycles. The minimum absolute atomic E-state index is 0.00309. The van der Waals surface area contributed by atoms with Gasteiger partial charge in [0.1, 0.15) is 11.8 Å². The highest BCUT2D eigenvalue weighted by Gasteiger charge is 2.35. The molecule has 0 radical (unpaired) electrons. The number of nitrogens with zero attached hydrogens (tertiary/aromatic N) is 1. The number of carbonyl (C=O) groups excluding carboxylic acids is 3. The third kappa shape index (κ3) is 7.52. The molecule has 1 aliphatic carbocycles. The van der Waals surface area contributed by atoms with Crippen LogP contribution in [0.3, 0.4) is 0 Å². The van der Waals surface area contributed by atoms with Crippen LogP contribution in [0.4, 0.5) is 0 Å². The molecule has 3 rings (SSSR count). The van der Waals surface area contributed by atoms with Crippen molar-refractivity contribution in [1.82, 2.24) is 10.3 Å². The Labute approximate surface area is 217 Å². The molecule has 1 N–H and O–H groups in total. The van der Waals surface area contributed by atoms with Crippen LogP contribution in [0.2, 0.25) is 0 Å². The quantitative estimate of drug-likeness (QED) is 0.243. The Morgan fingerprint density at radius 3 is 2.51 bits per heavy atom. The van der Waals surface area contributed by atoms with Crippen LogP contribution in [0.1, 0.15) is 68.4 Å². The molecular formula is C28H36N2O7. The van der Waals surface area contributed by atoms with Gasteiger partial charge in [-0.25, -0.2) is 4.98 Å². The fraction of sp³-hybridized carbons (Fsp3) is 0.500. The molecule has 37 heavy (non-hydrogen) atoms. The normalized spacial score (nSPS) is 16.8. The van der Waals surface area contributed by atoms with E-state index in [0.717, 1.165) is 12.8 Å². The van der Waals surface area contributed by atoms with Crippen LogP contribution in [0, 0.1) is 5.92 Å². The first kappa shape index (κ1) is 28.1. The molecule has 0 aliphatic heterocycles. The average Bonchev–Trinajstić information content (AvgIpc) is 3.42. The highest BCUT2D eigenvalue weighted by Crippen LogP contribution is 2.40. The number of pyridine rings is 1. The maximum atomic E-state index is 13.2. The smallest absolute Gasteiger partial charge is 0.305 e. The van der Waals surface area contributed by atoms with Gasteiger partial charge in [0.25, 0.3) is 5.91 Å². The lowest BCUT2D eigenvalue weighted by atomic mass is 9.81. The third-order valence-corrected chi connectivity index (χ3v) is 6.67. The van der Waals surface area contributed by atoms with Gasteiger partial charge in [-0.05, 0) is 38.2 Å². The summed E-state index contributed by atoms with van der Waals surface area (Å²) in [5.74, 6) is -0.272. The monoisotopic (exact) mass is 512 g/mol. The second-order valence-corrected chi connectivity index (χ2v) is 9.58. The molecule has 1 fully saturated rings. The SMILES string of the molecule is COc1ccnc(C(=O)N[C@](C)(C=O)CO[C@@H](C)[C@@H](c2ccccc2)C2CCCC2)c1OCOC(C)=O. The van der Waals surface area contributed by atoms with Gasteiger partial charge >= 0.3 is 5.97 Å². The number of nitrogens with one attached hydrogen (secondary N) is 1. The summed E-state index contributed by atoms with van der Waals surface area (Å²) in [5.41, 5.74) is -0.213. The van der Waals surface area contributed by atoms with Gasteiger partial charge in [0.05, 0.1) is 19.8 Å². The molecule has 0 saturated heterocycles. The first-order valence-corrected chi connectivity index (χ1v) is 12.5. The first-order valence-electron chi connectivity index (χ1n) is 12.5. The van der Waals surface area contributed by atoms with Crippen LogP contribution in [-0.2, 0) is 19.1 Å². The molecule has 0 unspecified atom stereocenters. The minimum atomic E-state index is -1.32. The van der Waals surface area contributed by atoms with Crippen molar-refractivity contribution in [3.05, 3.63) is 53.9 Å². The summed E-state index contributed by atoms with van der Waals surface area (Å²) in [6.07, 6.45) is 6.58. The van der Waals surface area contributed by atoms with Crippen molar-refractivity contribution < 1.29 is 33.3 Å². The lowest BCUT2D eigenvalue weighted by Gasteiger charge is -2.33. The van der Waals surface area contributed by atoms with E-state index in [4.69, 9.17) is 18.9 Å². The lowest BCUT2D eigenvalue weighted by molar-refractivity contribution is -0.147. The van der Waals surface area contributed by atoms with Crippen LogP contribution < -0.4 is 14.8 Å². The number of carbonyl (C=O) groups is 3. The molecule has 1 aromatic heterocycles. The predicted molar refractivity (Wildman–Crippen MR) is 137 cm³/mol. The molecule has 200 valence electrons. The zero-order valence-electron chi connectivity index (χ0n) is 21.9. The van der Waals surface area contributed by atoms with Gasteiger partial charge in [-0.15, -0.1) is 0 Å². The summed E-state index contributed by atoms with van der Waals surface area (Å²) >= 11 is 0. The number of aromatic nitrogens is 1. The van der Waals surface area contributed by atoms with E-state index in [2.05, 4.69) is 22.4 Å². The zero-order chi connectivity index (χ0) is 26.8. The summed E-state index contributed by atoms with van der Waals surface area (Å²) in [7, 11) is 1.41. The number of aldehydes is 1. The molecule has 1 aromatic carbocycles. The van der Waals surface area contributed by atoms with E-state index in [1.54, 1.807) is 6.92 Å². The maximum absolute atomic E-state index is 13.2. The number of hydrogen-bond acceptors (Lipinski definition) is 8. The second kappa shape index (κ2) is 13.2. The van der Waals surface area contributed by atoms with Crippen molar-refractivity contribution in [3.8, 4) is 11.5 Å². The Hall–Kier alpha value is -3.46. The Morgan fingerprint density at radius 2 is 1.89 bits per heavy atom. The number of rotatable bonds is 13. The van der Waals surface area contributed by atoms with Crippen LogP contribution in [0.15, 0.2) is 42.6 Å². The molecule has 2 aromatic rings. The van der Waals surface area contributed by atoms with E-state index in [0.29, 0.717) is 12.2 Å². The largest absolute Gasteiger partial charge is 0.493 e. The van der Waals surface area contributed by atoms with Gasteiger partial charge in [-0.1, -0.05) is 43.2 Å². The molecule has 0 spiro atoms. The van der Waals surface area contributed by atoms with E-state index in [1.165, 1.54) is 44.7 Å². The van der Waals surface area contributed by atoms with Crippen molar-refractivity contribution in [2.45, 2.75) is 64.0 Å². The van der Waals surface area contributed by atoms with Gasteiger partial charge in [-0.3, -0.25) is 9.59 Å². The minimum Gasteiger partial charge on any atom is -0.493 e. The summed E-state index contributed by atoms with van der Waals surface area (Å²) < 4.78 is 21.8. The number of benzene rings is 1. The Kier molecular flexibility index (Phi) is 10.0. The number of ether oxygens (including phenoxy) is 4.